The molecule has 1 amide bonds. The van der Waals surface area contributed by atoms with E-state index in [-0.39, 0.29) is 5.91 Å². The highest BCUT2D eigenvalue weighted by Crippen LogP contribution is 2.39. The Morgan fingerprint density at radius 3 is 2.39 bits per heavy atom. The zero-order chi connectivity index (χ0) is 21.6. The minimum absolute atomic E-state index is 0.187. The predicted molar refractivity (Wildman–Crippen MR) is 124 cm³/mol. The minimum atomic E-state index is -0.187. The topological polar surface area (TPSA) is 60.0 Å². The SMILES string of the molecule is CCOc1cc(N2CCOCC2)c(OCC)cc1NC(=O)c1ccc2ccccc2c1. The van der Waals surface area contributed by atoms with Gasteiger partial charge in [-0.05, 0) is 36.8 Å². The van der Waals surface area contributed by atoms with Crippen molar-refractivity contribution in [3.63, 3.8) is 0 Å². The molecule has 0 bridgehead atoms. The van der Waals surface area contributed by atoms with Gasteiger partial charge in [0.05, 0.1) is 37.8 Å². The van der Waals surface area contributed by atoms with E-state index in [4.69, 9.17) is 14.2 Å². The largest absolute Gasteiger partial charge is 0.492 e. The van der Waals surface area contributed by atoms with Gasteiger partial charge in [0, 0.05) is 30.8 Å². The summed E-state index contributed by atoms with van der Waals surface area (Å²) in [6, 6.07) is 17.5. The highest BCUT2D eigenvalue weighted by Gasteiger charge is 2.20. The van der Waals surface area contributed by atoms with Crippen molar-refractivity contribution in [2.75, 3.05) is 49.7 Å². The minimum Gasteiger partial charge on any atom is -0.492 e. The second-order valence-corrected chi connectivity index (χ2v) is 7.30. The first kappa shape index (κ1) is 21.0. The lowest BCUT2D eigenvalue weighted by Crippen LogP contribution is -2.36. The Morgan fingerprint density at radius 1 is 0.935 bits per heavy atom. The summed E-state index contributed by atoms with van der Waals surface area (Å²) in [7, 11) is 0. The summed E-state index contributed by atoms with van der Waals surface area (Å²) in [5.74, 6) is 1.16. The molecule has 0 radical (unpaired) electrons. The van der Waals surface area contributed by atoms with E-state index < -0.39 is 0 Å². The molecule has 0 saturated carbocycles. The van der Waals surface area contributed by atoms with Crippen molar-refractivity contribution in [3.05, 3.63) is 60.2 Å². The van der Waals surface area contributed by atoms with Crippen LogP contribution in [0.15, 0.2) is 54.6 Å². The number of fused-ring (bicyclic) bond motifs is 1. The van der Waals surface area contributed by atoms with Crippen molar-refractivity contribution < 1.29 is 19.0 Å². The lowest BCUT2D eigenvalue weighted by molar-refractivity contribution is 0.102. The Labute approximate surface area is 182 Å². The summed E-state index contributed by atoms with van der Waals surface area (Å²) in [6.45, 7) is 7.83. The highest BCUT2D eigenvalue weighted by molar-refractivity contribution is 6.07. The van der Waals surface area contributed by atoms with Crippen LogP contribution >= 0.6 is 0 Å². The van der Waals surface area contributed by atoms with Crippen LogP contribution in [0.25, 0.3) is 10.8 Å². The molecule has 1 aliphatic rings. The molecule has 6 nitrogen and oxygen atoms in total. The fourth-order valence-corrected chi connectivity index (χ4v) is 3.77. The van der Waals surface area contributed by atoms with E-state index in [1.165, 1.54) is 0 Å². The number of benzene rings is 3. The summed E-state index contributed by atoms with van der Waals surface area (Å²) in [5, 5.41) is 5.14. The Balaban J connectivity index is 1.66. The zero-order valence-electron chi connectivity index (χ0n) is 18.0. The Hall–Kier alpha value is -3.25. The highest BCUT2D eigenvalue weighted by atomic mass is 16.5. The molecule has 1 N–H and O–H groups in total. The molecule has 0 unspecified atom stereocenters. The van der Waals surface area contributed by atoms with Crippen LogP contribution in [0.5, 0.6) is 11.5 Å². The number of morpholine rings is 1. The van der Waals surface area contributed by atoms with Crippen molar-refractivity contribution in [1.82, 2.24) is 0 Å². The van der Waals surface area contributed by atoms with Gasteiger partial charge < -0.3 is 24.4 Å². The summed E-state index contributed by atoms with van der Waals surface area (Å²) >= 11 is 0. The van der Waals surface area contributed by atoms with Gasteiger partial charge in [0.15, 0.2) is 0 Å². The van der Waals surface area contributed by atoms with Gasteiger partial charge in [-0.2, -0.15) is 0 Å². The van der Waals surface area contributed by atoms with Crippen LogP contribution < -0.4 is 19.7 Å². The summed E-state index contributed by atoms with van der Waals surface area (Å²) in [4.78, 5) is 15.3. The number of hydrogen-bond acceptors (Lipinski definition) is 5. The van der Waals surface area contributed by atoms with Crippen molar-refractivity contribution in [3.8, 4) is 11.5 Å². The zero-order valence-corrected chi connectivity index (χ0v) is 18.0. The molecule has 0 aromatic heterocycles. The van der Waals surface area contributed by atoms with Gasteiger partial charge in [-0.3, -0.25) is 4.79 Å². The molecule has 1 saturated heterocycles. The molecule has 6 heteroatoms. The van der Waals surface area contributed by atoms with Gasteiger partial charge in [-0.15, -0.1) is 0 Å². The lowest BCUT2D eigenvalue weighted by Gasteiger charge is -2.31. The first-order valence-corrected chi connectivity index (χ1v) is 10.8. The third-order valence-corrected chi connectivity index (χ3v) is 5.27. The maximum Gasteiger partial charge on any atom is 0.255 e. The van der Waals surface area contributed by atoms with Gasteiger partial charge >= 0.3 is 0 Å². The molecule has 3 aromatic carbocycles. The van der Waals surface area contributed by atoms with Crippen LogP contribution in [0.3, 0.4) is 0 Å². The Kier molecular flexibility index (Phi) is 6.57. The van der Waals surface area contributed by atoms with E-state index in [0.717, 1.165) is 35.3 Å². The van der Waals surface area contributed by atoms with E-state index in [2.05, 4.69) is 10.2 Å². The predicted octanol–water partition coefficient (Wildman–Crippen LogP) is 4.73. The van der Waals surface area contributed by atoms with Crippen molar-refractivity contribution in [2.24, 2.45) is 0 Å². The van der Waals surface area contributed by atoms with Gasteiger partial charge in [0.1, 0.15) is 11.5 Å². The third kappa shape index (κ3) is 4.75. The number of carbonyl (C=O) groups excluding carboxylic acids is 1. The number of ether oxygens (including phenoxy) is 3. The average molecular weight is 421 g/mol. The number of nitrogens with one attached hydrogen (secondary N) is 1. The smallest absolute Gasteiger partial charge is 0.255 e. The monoisotopic (exact) mass is 420 g/mol. The maximum atomic E-state index is 13.0. The fourth-order valence-electron chi connectivity index (χ4n) is 3.77. The molecular weight excluding hydrogens is 392 g/mol. The normalized spacial score (nSPS) is 13.8. The second-order valence-electron chi connectivity index (χ2n) is 7.30. The van der Waals surface area contributed by atoms with Crippen LogP contribution in [-0.2, 0) is 4.74 Å². The van der Waals surface area contributed by atoms with Crippen LogP contribution in [0, 0.1) is 0 Å². The molecule has 0 spiro atoms. The van der Waals surface area contributed by atoms with Gasteiger partial charge in [0.25, 0.3) is 5.91 Å². The van der Waals surface area contributed by atoms with E-state index in [0.29, 0.717) is 43.4 Å². The van der Waals surface area contributed by atoms with E-state index in [1.54, 1.807) is 0 Å². The van der Waals surface area contributed by atoms with E-state index in [1.807, 2.05) is 68.4 Å². The molecule has 1 heterocycles. The molecule has 3 aromatic rings. The third-order valence-electron chi connectivity index (χ3n) is 5.27. The van der Waals surface area contributed by atoms with E-state index >= 15 is 0 Å². The summed E-state index contributed by atoms with van der Waals surface area (Å²) in [5.41, 5.74) is 2.15. The number of rotatable bonds is 7. The number of anilines is 2. The first-order valence-electron chi connectivity index (χ1n) is 10.8. The lowest BCUT2D eigenvalue weighted by atomic mass is 10.1. The molecule has 4 rings (SSSR count). The molecule has 1 fully saturated rings. The van der Waals surface area contributed by atoms with E-state index in [9.17, 15) is 4.79 Å². The van der Waals surface area contributed by atoms with Crippen molar-refractivity contribution >= 4 is 28.1 Å². The fraction of sp³-hybridized carbons (Fsp3) is 0.320. The van der Waals surface area contributed by atoms with Gasteiger partial charge in [-0.1, -0.05) is 30.3 Å². The number of nitrogens with zero attached hydrogens (tertiary/aromatic N) is 1. The number of amides is 1. The molecule has 0 atom stereocenters. The average Bonchev–Trinajstić information content (AvgIpc) is 2.81. The Bertz CT molecular complexity index is 1060. The number of hydrogen-bond donors (Lipinski definition) is 1. The molecule has 162 valence electrons. The van der Waals surface area contributed by atoms with Crippen LogP contribution in [-0.4, -0.2) is 45.4 Å². The van der Waals surface area contributed by atoms with Gasteiger partial charge in [-0.25, -0.2) is 0 Å². The summed E-state index contributed by atoms with van der Waals surface area (Å²) < 4.78 is 17.3. The standard InChI is InChI=1S/C25H28N2O4/c1-3-30-23-17-22(27-11-13-29-14-12-27)24(31-4-2)16-21(23)26-25(28)20-10-9-18-7-5-6-8-19(18)15-20/h5-10,15-17H,3-4,11-14H2,1-2H3,(H,26,28). The van der Waals surface area contributed by atoms with Crippen molar-refractivity contribution in [2.45, 2.75) is 13.8 Å². The molecular formula is C25H28N2O4. The molecule has 31 heavy (non-hydrogen) atoms. The quantitative estimate of drug-likeness (QED) is 0.599. The van der Waals surface area contributed by atoms with Crippen LogP contribution in [0.2, 0.25) is 0 Å². The van der Waals surface area contributed by atoms with Crippen LogP contribution in [0.1, 0.15) is 24.2 Å². The van der Waals surface area contributed by atoms with Crippen LogP contribution in [0.4, 0.5) is 11.4 Å². The first-order chi connectivity index (χ1) is 15.2. The molecule has 1 aliphatic heterocycles. The second kappa shape index (κ2) is 9.71. The van der Waals surface area contributed by atoms with Gasteiger partial charge in [0.2, 0.25) is 0 Å². The summed E-state index contributed by atoms with van der Waals surface area (Å²) in [6.07, 6.45) is 0. The number of carbonyl (C=O) groups is 1. The molecule has 0 aliphatic carbocycles. The maximum absolute atomic E-state index is 13.0. The van der Waals surface area contributed by atoms with Crippen molar-refractivity contribution in [1.29, 1.82) is 0 Å². The Morgan fingerprint density at radius 2 is 1.65 bits per heavy atom.